The topological polar surface area (TPSA) is 79.9 Å². The first kappa shape index (κ1) is 17.5. The van der Waals surface area contributed by atoms with Crippen LogP contribution >= 0.6 is 0 Å². The normalized spacial score (nSPS) is 10.2. The van der Waals surface area contributed by atoms with Gasteiger partial charge in [0.05, 0.1) is 19.1 Å². The van der Waals surface area contributed by atoms with E-state index in [1.807, 2.05) is 32.0 Å². The third-order valence-corrected chi connectivity index (χ3v) is 3.73. The molecule has 0 atom stereocenters. The summed E-state index contributed by atoms with van der Waals surface area (Å²) in [5.74, 6) is 1.19. The molecule has 1 amide bonds. The number of nitrogens with one attached hydrogen (secondary N) is 1. The number of hydrogen-bond donors (Lipinski definition) is 1. The SMILES string of the molecule is Cc1cccc(OCCC(=O)Nc2ccn(CCCC#N)n2)c1C. The Hall–Kier alpha value is -2.81. The highest BCUT2D eigenvalue weighted by Gasteiger charge is 2.07. The molecule has 1 N–H and O–H groups in total. The molecule has 0 aliphatic carbocycles. The Morgan fingerprint density at radius 2 is 2.21 bits per heavy atom. The van der Waals surface area contributed by atoms with Gasteiger partial charge in [-0.3, -0.25) is 9.48 Å². The summed E-state index contributed by atoms with van der Waals surface area (Å²) in [6.45, 7) is 5.02. The van der Waals surface area contributed by atoms with E-state index in [1.54, 1.807) is 16.9 Å². The number of aryl methyl sites for hydroxylation is 2. The van der Waals surface area contributed by atoms with Gasteiger partial charge in [0.15, 0.2) is 5.82 Å². The van der Waals surface area contributed by atoms with Gasteiger partial charge in [0.25, 0.3) is 0 Å². The highest BCUT2D eigenvalue weighted by molar-refractivity contribution is 5.89. The third kappa shape index (κ3) is 5.13. The first-order valence-electron chi connectivity index (χ1n) is 7.99. The number of nitrogens with zero attached hydrogens (tertiary/aromatic N) is 3. The Bertz CT molecular complexity index is 731. The smallest absolute Gasteiger partial charge is 0.229 e. The Morgan fingerprint density at radius 1 is 1.38 bits per heavy atom. The van der Waals surface area contributed by atoms with Crippen molar-refractivity contribution in [3.63, 3.8) is 0 Å². The quantitative estimate of drug-likeness (QED) is 0.755. The van der Waals surface area contributed by atoms with Crippen LogP contribution in [0.3, 0.4) is 0 Å². The van der Waals surface area contributed by atoms with Gasteiger partial charge in [-0.15, -0.1) is 0 Å². The molecule has 1 aromatic carbocycles. The average Bonchev–Trinajstić information content (AvgIpc) is 2.99. The summed E-state index contributed by atoms with van der Waals surface area (Å²) in [5.41, 5.74) is 2.26. The number of anilines is 1. The number of benzene rings is 1. The maximum absolute atomic E-state index is 11.9. The van der Waals surface area contributed by atoms with Crippen LogP contribution in [0.4, 0.5) is 5.82 Å². The van der Waals surface area contributed by atoms with Crippen LogP contribution in [0, 0.1) is 25.2 Å². The van der Waals surface area contributed by atoms with E-state index in [1.165, 1.54) is 5.56 Å². The lowest BCUT2D eigenvalue weighted by Gasteiger charge is -2.10. The van der Waals surface area contributed by atoms with Gasteiger partial charge in [-0.1, -0.05) is 12.1 Å². The molecule has 0 radical (unpaired) electrons. The summed E-state index contributed by atoms with van der Waals surface area (Å²) < 4.78 is 7.40. The lowest BCUT2D eigenvalue weighted by molar-refractivity contribution is -0.116. The number of ether oxygens (including phenoxy) is 1. The zero-order valence-corrected chi connectivity index (χ0v) is 14.1. The van der Waals surface area contributed by atoms with Crippen LogP contribution < -0.4 is 10.1 Å². The van der Waals surface area contributed by atoms with E-state index >= 15 is 0 Å². The summed E-state index contributed by atoms with van der Waals surface area (Å²) in [6, 6.07) is 9.72. The fourth-order valence-corrected chi connectivity index (χ4v) is 2.21. The van der Waals surface area contributed by atoms with Crippen molar-refractivity contribution < 1.29 is 9.53 Å². The van der Waals surface area contributed by atoms with Gasteiger partial charge in [-0.2, -0.15) is 10.4 Å². The number of amides is 1. The molecular formula is C18H22N4O2. The van der Waals surface area contributed by atoms with Crippen molar-refractivity contribution in [1.29, 1.82) is 5.26 Å². The first-order valence-corrected chi connectivity index (χ1v) is 7.99. The van der Waals surface area contributed by atoms with Gasteiger partial charge in [0, 0.05) is 25.2 Å². The lowest BCUT2D eigenvalue weighted by atomic mass is 10.1. The summed E-state index contributed by atoms with van der Waals surface area (Å²) in [4.78, 5) is 11.9. The van der Waals surface area contributed by atoms with Crippen molar-refractivity contribution in [2.45, 2.75) is 39.7 Å². The summed E-state index contributed by atoms with van der Waals surface area (Å²) >= 11 is 0. The number of nitriles is 1. The van der Waals surface area contributed by atoms with Crippen LogP contribution in [0.15, 0.2) is 30.5 Å². The molecule has 0 saturated heterocycles. The minimum Gasteiger partial charge on any atom is -0.493 e. The highest BCUT2D eigenvalue weighted by Crippen LogP contribution is 2.20. The fraction of sp³-hybridized carbons (Fsp3) is 0.389. The van der Waals surface area contributed by atoms with Crippen LogP contribution in [-0.2, 0) is 11.3 Å². The van der Waals surface area contributed by atoms with Crippen molar-refractivity contribution in [3.05, 3.63) is 41.6 Å². The zero-order valence-electron chi connectivity index (χ0n) is 14.1. The van der Waals surface area contributed by atoms with Gasteiger partial charge in [0.1, 0.15) is 5.75 Å². The van der Waals surface area contributed by atoms with Gasteiger partial charge in [-0.25, -0.2) is 0 Å². The molecule has 0 aliphatic heterocycles. The Balaban J connectivity index is 1.75. The number of rotatable bonds is 8. The molecule has 0 aliphatic rings. The van der Waals surface area contributed by atoms with Crippen molar-refractivity contribution in [2.24, 2.45) is 0 Å². The molecular weight excluding hydrogens is 304 g/mol. The maximum atomic E-state index is 11.9. The Morgan fingerprint density at radius 3 is 3.00 bits per heavy atom. The van der Waals surface area contributed by atoms with E-state index in [0.29, 0.717) is 25.4 Å². The molecule has 0 bridgehead atoms. The van der Waals surface area contributed by atoms with Crippen molar-refractivity contribution in [2.75, 3.05) is 11.9 Å². The lowest BCUT2D eigenvalue weighted by Crippen LogP contribution is -2.16. The molecule has 0 spiro atoms. The van der Waals surface area contributed by atoms with Crippen LogP contribution in [0.2, 0.25) is 0 Å². The Labute approximate surface area is 142 Å². The monoisotopic (exact) mass is 326 g/mol. The number of hydrogen-bond acceptors (Lipinski definition) is 4. The summed E-state index contributed by atoms with van der Waals surface area (Å²) in [6.07, 6.45) is 3.29. The molecule has 6 heteroatoms. The van der Waals surface area contributed by atoms with Gasteiger partial charge < -0.3 is 10.1 Å². The zero-order chi connectivity index (χ0) is 17.4. The van der Waals surface area contributed by atoms with E-state index in [9.17, 15) is 4.79 Å². The molecule has 2 aromatic rings. The van der Waals surface area contributed by atoms with Crippen LogP contribution in [0.5, 0.6) is 5.75 Å². The minimum atomic E-state index is -0.136. The van der Waals surface area contributed by atoms with Crippen molar-refractivity contribution in [1.82, 2.24) is 9.78 Å². The summed E-state index contributed by atoms with van der Waals surface area (Å²) in [5, 5.41) is 15.5. The number of aromatic nitrogens is 2. The first-order chi connectivity index (χ1) is 11.6. The van der Waals surface area contributed by atoms with E-state index in [2.05, 4.69) is 16.5 Å². The van der Waals surface area contributed by atoms with E-state index in [0.717, 1.165) is 17.7 Å². The molecule has 0 fully saturated rings. The van der Waals surface area contributed by atoms with Crippen LogP contribution in [-0.4, -0.2) is 22.3 Å². The average molecular weight is 326 g/mol. The van der Waals surface area contributed by atoms with Crippen LogP contribution in [0.1, 0.15) is 30.4 Å². The van der Waals surface area contributed by atoms with Crippen molar-refractivity contribution >= 4 is 11.7 Å². The molecule has 6 nitrogen and oxygen atoms in total. The molecule has 126 valence electrons. The predicted octanol–water partition coefficient (Wildman–Crippen LogP) is 3.21. The molecule has 2 rings (SSSR count). The van der Waals surface area contributed by atoms with Gasteiger partial charge >= 0.3 is 0 Å². The second-order valence-electron chi connectivity index (χ2n) is 5.57. The number of carbonyl (C=O) groups excluding carboxylic acids is 1. The highest BCUT2D eigenvalue weighted by atomic mass is 16.5. The van der Waals surface area contributed by atoms with E-state index in [4.69, 9.17) is 10.00 Å². The maximum Gasteiger partial charge on any atom is 0.229 e. The second kappa shape index (κ2) is 8.73. The largest absolute Gasteiger partial charge is 0.493 e. The molecule has 24 heavy (non-hydrogen) atoms. The third-order valence-electron chi connectivity index (χ3n) is 3.73. The second-order valence-corrected chi connectivity index (χ2v) is 5.57. The standard InChI is InChI=1S/C18H22N4O2/c1-14-6-5-7-16(15(14)2)24-13-9-18(23)20-17-8-12-22(21-17)11-4-3-10-19/h5-8,12H,3-4,9,11,13H2,1-2H3,(H,20,21,23). The van der Waals surface area contributed by atoms with Crippen molar-refractivity contribution in [3.8, 4) is 11.8 Å². The molecule has 1 aromatic heterocycles. The minimum absolute atomic E-state index is 0.136. The fourth-order valence-electron chi connectivity index (χ4n) is 2.21. The summed E-state index contributed by atoms with van der Waals surface area (Å²) in [7, 11) is 0. The molecule has 0 saturated carbocycles. The number of unbranched alkanes of at least 4 members (excludes halogenated alkanes) is 1. The molecule has 1 heterocycles. The molecule has 0 unspecified atom stereocenters. The van der Waals surface area contributed by atoms with E-state index < -0.39 is 0 Å². The van der Waals surface area contributed by atoms with Gasteiger partial charge in [-0.05, 0) is 37.5 Å². The van der Waals surface area contributed by atoms with Crippen LogP contribution in [0.25, 0.3) is 0 Å². The van der Waals surface area contributed by atoms with Gasteiger partial charge in [0.2, 0.25) is 5.91 Å². The Kier molecular flexibility index (Phi) is 6.38. The number of carbonyl (C=O) groups is 1. The van der Waals surface area contributed by atoms with E-state index in [-0.39, 0.29) is 12.3 Å². The predicted molar refractivity (Wildman–Crippen MR) is 91.7 cm³/mol.